The summed E-state index contributed by atoms with van der Waals surface area (Å²) >= 11 is 0. The van der Waals surface area contributed by atoms with Crippen LogP contribution in [-0.2, 0) is 4.43 Å². The van der Waals surface area contributed by atoms with Gasteiger partial charge >= 0.3 is 0 Å². The minimum absolute atomic E-state index is 0.691. The van der Waals surface area contributed by atoms with E-state index in [1.165, 1.54) is 18.5 Å². The summed E-state index contributed by atoms with van der Waals surface area (Å²) in [6.45, 7) is 9.06. The molecule has 1 unspecified atom stereocenters. The Morgan fingerprint density at radius 1 is 1.00 bits per heavy atom. The van der Waals surface area contributed by atoms with Crippen molar-refractivity contribution in [2.75, 3.05) is 19.7 Å². The SMILES string of the molecule is CCO[Si](CC)(CC)C(CCN)CCCN. The summed E-state index contributed by atoms with van der Waals surface area (Å²) in [6, 6.07) is 2.40. The topological polar surface area (TPSA) is 61.3 Å². The van der Waals surface area contributed by atoms with Crippen LogP contribution in [0.3, 0.4) is 0 Å². The van der Waals surface area contributed by atoms with Crippen molar-refractivity contribution in [3.63, 3.8) is 0 Å². The molecule has 0 aromatic heterocycles. The molecule has 0 heterocycles. The Balaban J connectivity index is 4.61. The molecule has 0 saturated carbocycles. The van der Waals surface area contributed by atoms with Gasteiger partial charge in [-0.05, 0) is 56.9 Å². The van der Waals surface area contributed by atoms with Gasteiger partial charge in [0.2, 0.25) is 0 Å². The van der Waals surface area contributed by atoms with Gasteiger partial charge in [0.05, 0.1) is 0 Å². The second kappa shape index (κ2) is 9.16. The third-order valence-corrected chi connectivity index (χ3v) is 8.97. The second-order valence-corrected chi connectivity index (χ2v) is 9.06. The molecule has 0 aromatic rings. The number of hydrogen-bond donors (Lipinski definition) is 2. The molecule has 98 valence electrons. The van der Waals surface area contributed by atoms with Crippen LogP contribution in [0.25, 0.3) is 0 Å². The first-order valence-electron chi connectivity index (χ1n) is 6.74. The fourth-order valence-corrected chi connectivity index (χ4v) is 6.97. The lowest BCUT2D eigenvalue weighted by atomic mass is 10.2. The molecule has 0 amide bonds. The molecule has 0 rings (SSSR count). The minimum Gasteiger partial charge on any atom is -0.417 e. The Morgan fingerprint density at radius 3 is 2.00 bits per heavy atom. The summed E-state index contributed by atoms with van der Waals surface area (Å²) < 4.78 is 6.18. The van der Waals surface area contributed by atoms with Crippen LogP contribution in [0, 0.1) is 0 Å². The molecule has 0 aromatic carbocycles. The third-order valence-electron chi connectivity index (χ3n) is 3.64. The Labute approximate surface area is 102 Å². The zero-order chi connectivity index (χ0) is 12.4. The van der Waals surface area contributed by atoms with Crippen molar-refractivity contribution in [3.05, 3.63) is 0 Å². The first-order valence-corrected chi connectivity index (χ1v) is 9.14. The van der Waals surface area contributed by atoms with Crippen molar-refractivity contribution >= 4 is 8.32 Å². The van der Waals surface area contributed by atoms with Gasteiger partial charge in [-0.25, -0.2) is 0 Å². The van der Waals surface area contributed by atoms with Crippen molar-refractivity contribution in [3.8, 4) is 0 Å². The molecule has 0 spiro atoms. The van der Waals surface area contributed by atoms with Crippen molar-refractivity contribution < 1.29 is 4.43 Å². The van der Waals surface area contributed by atoms with Gasteiger partial charge in [-0.2, -0.15) is 0 Å². The zero-order valence-electron chi connectivity index (χ0n) is 11.3. The van der Waals surface area contributed by atoms with E-state index in [0.717, 1.165) is 32.5 Å². The highest BCUT2D eigenvalue weighted by atomic mass is 28.4. The molecule has 3 nitrogen and oxygen atoms in total. The first kappa shape index (κ1) is 16.1. The van der Waals surface area contributed by atoms with Crippen molar-refractivity contribution in [1.29, 1.82) is 0 Å². The number of hydrogen-bond acceptors (Lipinski definition) is 3. The number of nitrogens with two attached hydrogens (primary N) is 2. The maximum Gasteiger partial charge on any atom is 0.195 e. The van der Waals surface area contributed by atoms with Crippen molar-refractivity contribution in [2.45, 2.75) is 57.7 Å². The van der Waals surface area contributed by atoms with E-state index in [1.54, 1.807) is 0 Å². The maximum absolute atomic E-state index is 6.18. The lowest BCUT2D eigenvalue weighted by Crippen LogP contribution is -2.43. The summed E-state index contributed by atoms with van der Waals surface area (Å²) in [4.78, 5) is 0. The molecule has 0 aliphatic carbocycles. The average molecular weight is 246 g/mol. The summed E-state index contributed by atoms with van der Waals surface area (Å²) in [5.74, 6) is 0. The quantitative estimate of drug-likeness (QED) is 0.582. The average Bonchev–Trinajstić information content (AvgIpc) is 2.32. The predicted octanol–water partition coefficient (Wildman–Crippen LogP) is 2.47. The van der Waals surface area contributed by atoms with Gasteiger partial charge < -0.3 is 15.9 Å². The molecular formula is C12H30N2OSi. The van der Waals surface area contributed by atoms with Crippen LogP contribution in [0.1, 0.15) is 40.0 Å². The van der Waals surface area contributed by atoms with Crippen molar-refractivity contribution in [1.82, 2.24) is 0 Å². The molecule has 0 saturated heterocycles. The summed E-state index contributed by atoms with van der Waals surface area (Å²) in [5, 5.41) is 0. The third kappa shape index (κ3) is 4.53. The fourth-order valence-electron chi connectivity index (χ4n) is 2.67. The van der Waals surface area contributed by atoms with E-state index < -0.39 is 8.32 Å². The van der Waals surface area contributed by atoms with Crippen LogP contribution < -0.4 is 11.5 Å². The Morgan fingerprint density at radius 2 is 1.62 bits per heavy atom. The molecule has 0 fully saturated rings. The van der Waals surface area contributed by atoms with Crippen LogP contribution in [0.2, 0.25) is 17.6 Å². The number of rotatable bonds is 10. The standard InChI is InChI=1S/C12H30N2OSi/c1-4-15-16(5-2,6-3)12(9-11-14)8-7-10-13/h12H,4-11,13-14H2,1-3H3. The van der Waals surface area contributed by atoms with Gasteiger partial charge in [-0.15, -0.1) is 0 Å². The van der Waals surface area contributed by atoms with Gasteiger partial charge in [0.1, 0.15) is 0 Å². The Bertz CT molecular complexity index is 163. The smallest absolute Gasteiger partial charge is 0.195 e. The Kier molecular flexibility index (Phi) is 9.22. The van der Waals surface area contributed by atoms with Gasteiger partial charge in [0.15, 0.2) is 8.32 Å². The van der Waals surface area contributed by atoms with E-state index in [0.29, 0.717) is 5.54 Å². The molecule has 0 bridgehead atoms. The first-order chi connectivity index (χ1) is 7.70. The highest BCUT2D eigenvalue weighted by Crippen LogP contribution is 2.36. The summed E-state index contributed by atoms with van der Waals surface area (Å²) in [6.07, 6.45) is 3.40. The lowest BCUT2D eigenvalue weighted by Gasteiger charge is -2.37. The van der Waals surface area contributed by atoms with Gasteiger partial charge in [-0.1, -0.05) is 13.8 Å². The van der Waals surface area contributed by atoms with E-state index >= 15 is 0 Å². The van der Waals surface area contributed by atoms with E-state index in [-0.39, 0.29) is 0 Å². The van der Waals surface area contributed by atoms with Gasteiger partial charge in [0.25, 0.3) is 0 Å². The lowest BCUT2D eigenvalue weighted by molar-refractivity contribution is 0.304. The molecule has 0 aliphatic heterocycles. The van der Waals surface area contributed by atoms with E-state index in [4.69, 9.17) is 15.9 Å². The molecule has 1 atom stereocenters. The van der Waals surface area contributed by atoms with Crippen LogP contribution in [0.15, 0.2) is 0 Å². The largest absolute Gasteiger partial charge is 0.417 e. The molecule has 4 N–H and O–H groups in total. The molecular weight excluding hydrogens is 216 g/mol. The van der Waals surface area contributed by atoms with E-state index in [1.807, 2.05) is 0 Å². The monoisotopic (exact) mass is 246 g/mol. The second-order valence-electron chi connectivity index (χ2n) is 4.41. The van der Waals surface area contributed by atoms with E-state index in [9.17, 15) is 0 Å². The minimum atomic E-state index is -1.57. The van der Waals surface area contributed by atoms with Gasteiger partial charge in [0, 0.05) is 6.61 Å². The highest BCUT2D eigenvalue weighted by molar-refractivity contribution is 6.75. The van der Waals surface area contributed by atoms with E-state index in [2.05, 4.69) is 20.8 Å². The molecule has 4 heteroatoms. The molecule has 16 heavy (non-hydrogen) atoms. The Hall–Kier alpha value is 0.0969. The van der Waals surface area contributed by atoms with Crippen LogP contribution >= 0.6 is 0 Å². The van der Waals surface area contributed by atoms with Crippen LogP contribution in [0.4, 0.5) is 0 Å². The van der Waals surface area contributed by atoms with Crippen LogP contribution in [0.5, 0.6) is 0 Å². The van der Waals surface area contributed by atoms with Gasteiger partial charge in [-0.3, -0.25) is 0 Å². The van der Waals surface area contributed by atoms with Crippen molar-refractivity contribution in [2.24, 2.45) is 11.5 Å². The summed E-state index contributed by atoms with van der Waals surface area (Å²) in [5.41, 5.74) is 12.0. The fraction of sp³-hybridized carbons (Fsp3) is 1.00. The van der Waals surface area contributed by atoms with Crippen LogP contribution in [-0.4, -0.2) is 28.0 Å². The maximum atomic E-state index is 6.18. The molecule has 0 radical (unpaired) electrons. The zero-order valence-corrected chi connectivity index (χ0v) is 12.3. The predicted molar refractivity (Wildman–Crippen MR) is 74.1 cm³/mol. The summed E-state index contributed by atoms with van der Waals surface area (Å²) in [7, 11) is -1.57. The normalized spacial score (nSPS) is 14.1. The highest BCUT2D eigenvalue weighted by Gasteiger charge is 2.38. The molecule has 0 aliphatic rings.